The third-order valence-corrected chi connectivity index (χ3v) is 0.967. The van der Waals surface area contributed by atoms with Gasteiger partial charge in [-0.1, -0.05) is 0 Å². The molecule has 1 rings (SSSR count). The lowest BCUT2D eigenvalue weighted by molar-refractivity contribution is 0.585. The third-order valence-electron chi connectivity index (χ3n) is 0.967. The summed E-state index contributed by atoms with van der Waals surface area (Å²) in [5.41, 5.74) is 1.57. The van der Waals surface area contributed by atoms with E-state index in [1.807, 2.05) is 0 Å². The van der Waals surface area contributed by atoms with Gasteiger partial charge in [0.05, 0.1) is 5.54 Å². The van der Waals surface area contributed by atoms with E-state index in [0.29, 0.717) is 0 Å². The van der Waals surface area contributed by atoms with Crippen LogP contribution in [0.15, 0.2) is 4.99 Å². The number of hydrogen-bond acceptors (Lipinski definition) is 1. The highest BCUT2D eigenvalue weighted by molar-refractivity contribution is 5.98. The number of rotatable bonds is 0. The van der Waals surface area contributed by atoms with E-state index in [1.165, 1.54) is 18.6 Å². The highest BCUT2D eigenvalue weighted by Crippen LogP contribution is 2.19. The monoisotopic (exact) mass is 111 g/mol. The summed E-state index contributed by atoms with van der Waals surface area (Å²) in [6.07, 6.45) is 2.49. The first-order valence-corrected chi connectivity index (χ1v) is 3.15. The highest BCUT2D eigenvalue weighted by Gasteiger charge is 2.17. The zero-order valence-electron chi connectivity index (χ0n) is 5.86. The second-order valence-corrected chi connectivity index (χ2v) is 3.35. The van der Waals surface area contributed by atoms with Crippen molar-refractivity contribution in [3.05, 3.63) is 0 Å². The van der Waals surface area contributed by atoms with E-state index < -0.39 is 0 Å². The van der Waals surface area contributed by atoms with Crippen LogP contribution in [0.25, 0.3) is 0 Å². The molecular weight excluding hydrogens is 98.1 g/mol. The van der Waals surface area contributed by atoms with Crippen LogP contribution < -0.4 is 0 Å². The molecule has 8 heavy (non-hydrogen) atoms. The third kappa shape index (κ3) is 2.10. The van der Waals surface area contributed by atoms with Crippen LogP contribution >= 0.6 is 0 Å². The van der Waals surface area contributed by atoms with Crippen LogP contribution in [-0.2, 0) is 0 Å². The number of nitrogens with zero attached hydrogens (tertiary/aromatic N) is 1. The van der Waals surface area contributed by atoms with Crippen molar-refractivity contribution in [2.75, 3.05) is 0 Å². The SMILES string of the molecule is CC(C)(C)N=C1CC1. The molecule has 0 N–H and O–H groups in total. The van der Waals surface area contributed by atoms with Crippen LogP contribution in [0.4, 0.5) is 0 Å². The molecule has 1 fully saturated rings. The summed E-state index contributed by atoms with van der Waals surface area (Å²) in [6.45, 7) is 6.41. The normalized spacial score (nSPS) is 18.6. The summed E-state index contributed by atoms with van der Waals surface area (Å²) in [5.74, 6) is 0. The standard InChI is InChI=1S/C7H13N/c1-7(2,3)8-6-4-5-6/h4-5H2,1-3H3. The van der Waals surface area contributed by atoms with Gasteiger partial charge in [-0.25, -0.2) is 0 Å². The van der Waals surface area contributed by atoms with Crippen LogP contribution in [0.2, 0.25) is 0 Å². The summed E-state index contributed by atoms with van der Waals surface area (Å²) in [7, 11) is 0. The molecule has 0 amide bonds. The lowest BCUT2D eigenvalue weighted by Gasteiger charge is -2.09. The first-order valence-electron chi connectivity index (χ1n) is 3.15. The van der Waals surface area contributed by atoms with E-state index in [0.717, 1.165) is 0 Å². The van der Waals surface area contributed by atoms with Gasteiger partial charge in [0.15, 0.2) is 0 Å². The van der Waals surface area contributed by atoms with E-state index >= 15 is 0 Å². The summed E-state index contributed by atoms with van der Waals surface area (Å²) >= 11 is 0. The first kappa shape index (κ1) is 5.80. The number of aliphatic imine (C=N–C) groups is 1. The van der Waals surface area contributed by atoms with Crippen LogP contribution in [0.5, 0.6) is 0 Å². The predicted octanol–water partition coefficient (Wildman–Crippen LogP) is 2.02. The van der Waals surface area contributed by atoms with Gasteiger partial charge in [-0.2, -0.15) is 0 Å². The van der Waals surface area contributed by atoms with Gasteiger partial charge < -0.3 is 0 Å². The Labute approximate surface area is 50.8 Å². The summed E-state index contributed by atoms with van der Waals surface area (Å²) in [6, 6.07) is 0. The lowest BCUT2D eigenvalue weighted by Crippen LogP contribution is -2.09. The topological polar surface area (TPSA) is 12.4 Å². The zero-order valence-corrected chi connectivity index (χ0v) is 5.86. The molecule has 0 radical (unpaired) electrons. The molecule has 1 aliphatic rings. The van der Waals surface area contributed by atoms with Gasteiger partial charge in [-0.15, -0.1) is 0 Å². The Bertz CT molecular complexity index is 111. The molecule has 0 aliphatic heterocycles. The Balaban J connectivity index is 2.48. The van der Waals surface area contributed by atoms with E-state index in [2.05, 4.69) is 25.8 Å². The molecule has 0 aromatic heterocycles. The molecule has 0 bridgehead atoms. The van der Waals surface area contributed by atoms with E-state index in [1.54, 1.807) is 0 Å². The molecule has 1 aliphatic carbocycles. The van der Waals surface area contributed by atoms with Crippen LogP contribution in [0, 0.1) is 0 Å². The van der Waals surface area contributed by atoms with Gasteiger partial charge in [0.2, 0.25) is 0 Å². The van der Waals surface area contributed by atoms with Gasteiger partial charge in [-0.05, 0) is 33.6 Å². The minimum Gasteiger partial charge on any atom is -0.288 e. The van der Waals surface area contributed by atoms with Crippen molar-refractivity contribution in [3.8, 4) is 0 Å². The Morgan fingerprint density at radius 1 is 1.25 bits per heavy atom. The van der Waals surface area contributed by atoms with Crippen LogP contribution in [-0.4, -0.2) is 11.3 Å². The van der Waals surface area contributed by atoms with Gasteiger partial charge in [0, 0.05) is 5.71 Å². The molecule has 0 aromatic carbocycles. The average Bonchev–Trinajstić information content (AvgIpc) is 2.12. The van der Waals surface area contributed by atoms with Crippen molar-refractivity contribution in [3.63, 3.8) is 0 Å². The lowest BCUT2D eigenvalue weighted by atomic mass is 10.1. The summed E-state index contributed by atoms with van der Waals surface area (Å²) < 4.78 is 0. The van der Waals surface area contributed by atoms with Gasteiger partial charge in [0.25, 0.3) is 0 Å². The minimum atomic E-state index is 0.172. The molecule has 46 valence electrons. The zero-order chi connectivity index (χ0) is 6.20. The fourth-order valence-electron chi connectivity index (χ4n) is 0.642. The molecule has 1 nitrogen and oxygen atoms in total. The predicted molar refractivity (Wildman–Crippen MR) is 36.4 cm³/mol. The first-order chi connectivity index (χ1) is 3.58. The molecule has 0 atom stereocenters. The molecule has 0 spiro atoms. The molecule has 1 saturated carbocycles. The van der Waals surface area contributed by atoms with Crippen molar-refractivity contribution in [2.45, 2.75) is 39.2 Å². The largest absolute Gasteiger partial charge is 0.288 e. The van der Waals surface area contributed by atoms with Gasteiger partial charge in [0.1, 0.15) is 0 Å². The maximum absolute atomic E-state index is 4.44. The summed E-state index contributed by atoms with van der Waals surface area (Å²) in [4.78, 5) is 4.44. The maximum atomic E-state index is 4.44. The fourth-order valence-corrected chi connectivity index (χ4v) is 0.642. The molecule has 0 unspecified atom stereocenters. The fraction of sp³-hybridized carbons (Fsp3) is 0.857. The second kappa shape index (κ2) is 1.57. The Morgan fingerprint density at radius 3 is 1.88 bits per heavy atom. The van der Waals surface area contributed by atoms with E-state index in [-0.39, 0.29) is 5.54 Å². The highest BCUT2D eigenvalue weighted by atomic mass is 14.9. The van der Waals surface area contributed by atoms with Crippen molar-refractivity contribution in [1.29, 1.82) is 0 Å². The summed E-state index contributed by atoms with van der Waals surface area (Å²) in [5, 5.41) is 0. The van der Waals surface area contributed by atoms with Crippen LogP contribution in [0.1, 0.15) is 33.6 Å². The molecule has 0 saturated heterocycles. The van der Waals surface area contributed by atoms with Crippen molar-refractivity contribution in [1.82, 2.24) is 0 Å². The Morgan fingerprint density at radius 2 is 1.75 bits per heavy atom. The van der Waals surface area contributed by atoms with Crippen LogP contribution in [0.3, 0.4) is 0 Å². The quantitative estimate of drug-likeness (QED) is 0.453. The molecule has 0 aromatic rings. The van der Waals surface area contributed by atoms with E-state index in [4.69, 9.17) is 0 Å². The van der Waals surface area contributed by atoms with Gasteiger partial charge >= 0.3 is 0 Å². The Hall–Kier alpha value is -0.330. The van der Waals surface area contributed by atoms with E-state index in [9.17, 15) is 0 Å². The average molecular weight is 111 g/mol. The second-order valence-electron chi connectivity index (χ2n) is 3.35. The van der Waals surface area contributed by atoms with Crippen molar-refractivity contribution >= 4 is 5.71 Å². The van der Waals surface area contributed by atoms with Gasteiger partial charge in [-0.3, -0.25) is 4.99 Å². The molecule has 1 heteroatoms. The number of hydrogen-bond donors (Lipinski definition) is 0. The Kier molecular flexibility index (Phi) is 1.14. The maximum Gasteiger partial charge on any atom is 0.0523 e. The molecular formula is C7H13N. The van der Waals surface area contributed by atoms with Crippen molar-refractivity contribution < 1.29 is 0 Å². The molecule has 0 heterocycles. The van der Waals surface area contributed by atoms with Crippen molar-refractivity contribution in [2.24, 2.45) is 4.99 Å². The minimum absolute atomic E-state index is 0.172. The smallest absolute Gasteiger partial charge is 0.0523 e.